The number of ether oxygens (including phenoxy) is 1. The first kappa shape index (κ1) is 16.2. The lowest BCUT2D eigenvalue weighted by molar-refractivity contribution is 0.112. The molecule has 26 heavy (non-hydrogen) atoms. The highest BCUT2D eigenvalue weighted by Crippen LogP contribution is 2.39. The zero-order valence-corrected chi connectivity index (χ0v) is 14.8. The van der Waals surface area contributed by atoms with Crippen molar-refractivity contribution in [3.05, 3.63) is 66.5 Å². The summed E-state index contributed by atoms with van der Waals surface area (Å²) < 4.78 is 5.46. The van der Waals surface area contributed by atoms with Crippen LogP contribution < -0.4 is 10.1 Å². The fourth-order valence-corrected chi connectivity index (χ4v) is 3.76. The third-order valence-corrected chi connectivity index (χ3v) is 5.07. The van der Waals surface area contributed by atoms with Gasteiger partial charge >= 0.3 is 0 Å². The van der Waals surface area contributed by atoms with Crippen molar-refractivity contribution < 1.29 is 9.53 Å². The standard InChI is InChI=1S/C20H15N3O2S/c1-25-17-9-13(11-24)7-8-15(17)18-10-16-19(21-12-22-20(16)26-18)23-14-5-3-2-4-6-14/h2-12H,1H3,(H,21,22,23). The van der Waals surface area contributed by atoms with Gasteiger partial charge in [-0.2, -0.15) is 0 Å². The maximum absolute atomic E-state index is 11.0. The summed E-state index contributed by atoms with van der Waals surface area (Å²) in [5, 5.41) is 4.28. The molecule has 0 saturated carbocycles. The Labute approximate surface area is 154 Å². The number of anilines is 2. The number of fused-ring (bicyclic) bond motifs is 1. The Morgan fingerprint density at radius 1 is 1.08 bits per heavy atom. The van der Waals surface area contributed by atoms with Gasteiger partial charge < -0.3 is 10.1 Å². The number of methoxy groups -OCH3 is 1. The molecule has 0 amide bonds. The van der Waals surface area contributed by atoms with Gasteiger partial charge in [0.1, 0.15) is 29.0 Å². The predicted octanol–water partition coefficient (Wildman–Crippen LogP) is 4.92. The van der Waals surface area contributed by atoms with Crippen LogP contribution in [-0.4, -0.2) is 23.4 Å². The van der Waals surface area contributed by atoms with Crippen LogP contribution >= 0.6 is 11.3 Å². The van der Waals surface area contributed by atoms with E-state index in [4.69, 9.17) is 4.74 Å². The molecule has 0 radical (unpaired) electrons. The van der Waals surface area contributed by atoms with E-state index < -0.39 is 0 Å². The van der Waals surface area contributed by atoms with Crippen molar-refractivity contribution in [1.82, 2.24) is 9.97 Å². The predicted molar refractivity (Wildman–Crippen MR) is 105 cm³/mol. The van der Waals surface area contributed by atoms with Gasteiger partial charge in [0.25, 0.3) is 0 Å². The third kappa shape index (κ3) is 3.02. The van der Waals surface area contributed by atoms with Crippen molar-refractivity contribution in [2.75, 3.05) is 12.4 Å². The molecule has 2 aromatic heterocycles. The van der Waals surface area contributed by atoms with Gasteiger partial charge in [0.15, 0.2) is 0 Å². The van der Waals surface area contributed by atoms with E-state index in [0.717, 1.165) is 38.4 Å². The lowest BCUT2D eigenvalue weighted by Gasteiger charge is -2.07. The molecule has 0 spiro atoms. The molecule has 6 heteroatoms. The fourth-order valence-electron chi connectivity index (χ4n) is 2.73. The van der Waals surface area contributed by atoms with Crippen LogP contribution in [0.1, 0.15) is 10.4 Å². The lowest BCUT2D eigenvalue weighted by atomic mass is 10.1. The first-order valence-corrected chi connectivity index (χ1v) is 8.80. The van der Waals surface area contributed by atoms with Gasteiger partial charge in [0.2, 0.25) is 0 Å². The molecule has 2 aromatic carbocycles. The van der Waals surface area contributed by atoms with Gasteiger partial charge in [0.05, 0.1) is 12.5 Å². The van der Waals surface area contributed by atoms with Crippen LogP contribution in [0.25, 0.3) is 20.7 Å². The minimum Gasteiger partial charge on any atom is -0.496 e. The highest BCUT2D eigenvalue weighted by molar-refractivity contribution is 7.22. The largest absolute Gasteiger partial charge is 0.496 e. The summed E-state index contributed by atoms with van der Waals surface area (Å²) in [7, 11) is 1.60. The summed E-state index contributed by atoms with van der Waals surface area (Å²) in [4.78, 5) is 21.7. The number of hydrogen-bond acceptors (Lipinski definition) is 6. The van der Waals surface area contributed by atoms with Gasteiger partial charge in [0, 0.05) is 21.7 Å². The first-order chi connectivity index (χ1) is 12.8. The van der Waals surface area contributed by atoms with Crippen LogP contribution in [0.5, 0.6) is 5.75 Å². The average molecular weight is 361 g/mol. The third-order valence-electron chi connectivity index (χ3n) is 3.99. The van der Waals surface area contributed by atoms with Crippen LogP contribution in [0.2, 0.25) is 0 Å². The number of benzene rings is 2. The van der Waals surface area contributed by atoms with Gasteiger partial charge in [-0.05, 0) is 30.3 Å². The molecule has 0 unspecified atom stereocenters. The number of carbonyl (C=O) groups excluding carboxylic acids is 1. The summed E-state index contributed by atoms with van der Waals surface area (Å²) in [5.41, 5.74) is 2.47. The zero-order chi connectivity index (χ0) is 17.9. The van der Waals surface area contributed by atoms with E-state index in [1.54, 1.807) is 36.9 Å². The molecule has 2 heterocycles. The molecule has 0 aliphatic rings. The average Bonchev–Trinajstić information content (AvgIpc) is 3.13. The molecule has 4 rings (SSSR count). The topological polar surface area (TPSA) is 64.1 Å². The maximum Gasteiger partial charge on any atom is 0.150 e. The lowest BCUT2D eigenvalue weighted by Crippen LogP contribution is -1.94. The van der Waals surface area contributed by atoms with Crippen molar-refractivity contribution >= 4 is 39.3 Å². The number of para-hydroxylation sites is 1. The molecular weight excluding hydrogens is 346 g/mol. The Morgan fingerprint density at radius 3 is 2.69 bits per heavy atom. The zero-order valence-electron chi connectivity index (χ0n) is 14.0. The van der Waals surface area contributed by atoms with Crippen molar-refractivity contribution in [3.63, 3.8) is 0 Å². The van der Waals surface area contributed by atoms with E-state index in [0.29, 0.717) is 11.3 Å². The van der Waals surface area contributed by atoms with E-state index in [1.165, 1.54) is 0 Å². The summed E-state index contributed by atoms with van der Waals surface area (Å²) in [5.74, 6) is 1.42. The van der Waals surface area contributed by atoms with Gasteiger partial charge in [-0.15, -0.1) is 11.3 Å². The van der Waals surface area contributed by atoms with Crippen LogP contribution in [0, 0.1) is 0 Å². The number of nitrogens with zero attached hydrogens (tertiary/aromatic N) is 2. The number of nitrogens with one attached hydrogen (secondary N) is 1. The van der Waals surface area contributed by atoms with E-state index in [1.807, 2.05) is 42.5 Å². The summed E-state index contributed by atoms with van der Waals surface area (Å²) in [6, 6.07) is 17.3. The summed E-state index contributed by atoms with van der Waals surface area (Å²) in [6.45, 7) is 0. The van der Waals surface area contributed by atoms with Gasteiger partial charge in [-0.1, -0.05) is 24.3 Å². The molecule has 0 saturated heterocycles. The molecular formula is C20H15N3O2S. The van der Waals surface area contributed by atoms with E-state index in [2.05, 4.69) is 15.3 Å². The minimum absolute atomic E-state index is 0.581. The number of aldehydes is 1. The Kier molecular flexibility index (Phi) is 4.33. The number of carbonyl (C=O) groups is 1. The second-order valence-corrected chi connectivity index (χ2v) is 6.65. The molecule has 0 fully saturated rings. The number of aromatic nitrogens is 2. The molecule has 0 atom stereocenters. The van der Waals surface area contributed by atoms with E-state index in [-0.39, 0.29) is 0 Å². The van der Waals surface area contributed by atoms with Crippen LogP contribution in [-0.2, 0) is 0 Å². The molecule has 0 aliphatic carbocycles. The van der Waals surface area contributed by atoms with Crippen molar-refractivity contribution in [2.45, 2.75) is 0 Å². The van der Waals surface area contributed by atoms with E-state index in [9.17, 15) is 4.79 Å². The van der Waals surface area contributed by atoms with E-state index >= 15 is 0 Å². The van der Waals surface area contributed by atoms with Gasteiger partial charge in [-0.25, -0.2) is 9.97 Å². The van der Waals surface area contributed by atoms with Crippen molar-refractivity contribution in [1.29, 1.82) is 0 Å². The molecule has 0 aliphatic heterocycles. The van der Waals surface area contributed by atoms with Crippen molar-refractivity contribution in [3.8, 4) is 16.2 Å². The molecule has 1 N–H and O–H groups in total. The second kappa shape index (κ2) is 6.93. The van der Waals surface area contributed by atoms with Crippen LogP contribution in [0.4, 0.5) is 11.5 Å². The fraction of sp³-hybridized carbons (Fsp3) is 0.0500. The number of thiophene rings is 1. The Hall–Kier alpha value is -3.25. The highest BCUT2D eigenvalue weighted by atomic mass is 32.1. The Bertz CT molecular complexity index is 1080. The molecule has 5 nitrogen and oxygen atoms in total. The maximum atomic E-state index is 11.0. The molecule has 4 aromatic rings. The summed E-state index contributed by atoms with van der Waals surface area (Å²) >= 11 is 1.56. The monoisotopic (exact) mass is 361 g/mol. The smallest absolute Gasteiger partial charge is 0.150 e. The minimum atomic E-state index is 0.581. The first-order valence-electron chi connectivity index (χ1n) is 7.98. The Morgan fingerprint density at radius 2 is 1.92 bits per heavy atom. The quantitative estimate of drug-likeness (QED) is 0.511. The van der Waals surface area contributed by atoms with Crippen LogP contribution in [0.15, 0.2) is 60.9 Å². The second-order valence-electron chi connectivity index (χ2n) is 5.62. The SMILES string of the molecule is COc1cc(C=O)ccc1-c1cc2c(Nc3ccccc3)ncnc2s1. The summed E-state index contributed by atoms with van der Waals surface area (Å²) in [6.07, 6.45) is 2.37. The highest BCUT2D eigenvalue weighted by Gasteiger charge is 2.14. The number of hydrogen-bond donors (Lipinski definition) is 1. The van der Waals surface area contributed by atoms with Crippen LogP contribution in [0.3, 0.4) is 0 Å². The number of rotatable bonds is 5. The molecule has 128 valence electrons. The van der Waals surface area contributed by atoms with Gasteiger partial charge in [-0.3, -0.25) is 4.79 Å². The van der Waals surface area contributed by atoms with Crippen molar-refractivity contribution in [2.24, 2.45) is 0 Å². The normalized spacial score (nSPS) is 10.7. The molecule has 0 bridgehead atoms. The Balaban J connectivity index is 1.79.